The van der Waals surface area contributed by atoms with Crippen molar-refractivity contribution in [3.63, 3.8) is 0 Å². The van der Waals surface area contributed by atoms with Crippen molar-refractivity contribution in [2.24, 2.45) is 11.3 Å². The van der Waals surface area contributed by atoms with Crippen molar-refractivity contribution >= 4 is 33.6 Å². The Labute approximate surface area is 284 Å². The van der Waals surface area contributed by atoms with E-state index < -0.39 is 23.4 Å². The molecule has 48 heavy (non-hydrogen) atoms. The fourth-order valence-corrected chi connectivity index (χ4v) is 6.45. The fourth-order valence-electron chi connectivity index (χ4n) is 6.45. The normalized spacial score (nSPS) is 16.3. The third-order valence-electron chi connectivity index (χ3n) is 8.68. The van der Waals surface area contributed by atoms with Gasteiger partial charge in [0.25, 0.3) is 0 Å². The van der Waals surface area contributed by atoms with E-state index in [1.807, 2.05) is 72.0 Å². The summed E-state index contributed by atoms with van der Waals surface area (Å²) in [5, 5.41) is 5.53. The highest BCUT2D eigenvalue weighted by Gasteiger charge is 2.35. The van der Waals surface area contributed by atoms with E-state index in [0.29, 0.717) is 12.2 Å². The van der Waals surface area contributed by atoms with Crippen LogP contribution in [0.1, 0.15) is 89.9 Å². The summed E-state index contributed by atoms with van der Waals surface area (Å²) in [6.07, 6.45) is 1.13. The second-order valence-electron chi connectivity index (χ2n) is 15.0. The number of hydrogen-bond acceptors (Lipinski definition) is 9. The lowest BCUT2D eigenvalue weighted by Crippen LogP contribution is -2.40. The number of benzene rings is 2. The molecule has 258 valence electrons. The van der Waals surface area contributed by atoms with E-state index in [4.69, 9.17) is 28.7 Å². The Bertz CT molecular complexity index is 1730. The van der Waals surface area contributed by atoms with Crippen molar-refractivity contribution < 1.29 is 28.5 Å². The van der Waals surface area contributed by atoms with Gasteiger partial charge in [-0.2, -0.15) is 0 Å². The van der Waals surface area contributed by atoms with E-state index in [1.165, 1.54) is 0 Å². The van der Waals surface area contributed by atoms with E-state index in [0.717, 1.165) is 49.8 Å². The summed E-state index contributed by atoms with van der Waals surface area (Å²) in [5.41, 5.74) is 4.59. The first-order chi connectivity index (χ1) is 22.6. The molecule has 3 heterocycles. The Morgan fingerprint density at radius 3 is 2.40 bits per heavy atom. The van der Waals surface area contributed by atoms with Crippen molar-refractivity contribution in [1.82, 2.24) is 9.97 Å². The maximum atomic E-state index is 13.0. The highest BCUT2D eigenvalue weighted by molar-refractivity contribution is 5.90. The van der Waals surface area contributed by atoms with Crippen LogP contribution < -0.4 is 10.1 Å². The zero-order valence-corrected chi connectivity index (χ0v) is 30.3. The van der Waals surface area contributed by atoms with Crippen molar-refractivity contribution in [3.05, 3.63) is 70.9 Å². The molecule has 1 aliphatic rings. The molecule has 0 aliphatic carbocycles. The number of nitrogens with one attached hydrogen (secondary N) is 1. The molecule has 3 atom stereocenters. The van der Waals surface area contributed by atoms with Crippen LogP contribution in [0.2, 0.25) is 0 Å². The molecule has 0 bridgehead atoms. The molecule has 4 aromatic rings. The molecule has 2 aromatic carbocycles. The highest BCUT2D eigenvalue weighted by Crippen LogP contribution is 2.45. The van der Waals surface area contributed by atoms with Gasteiger partial charge in [0.2, 0.25) is 0 Å². The van der Waals surface area contributed by atoms with E-state index in [-0.39, 0.29) is 30.6 Å². The molecule has 0 saturated heterocycles. The van der Waals surface area contributed by atoms with Crippen LogP contribution in [-0.2, 0) is 30.2 Å². The lowest BCUT2D eigenvalue weighted by atomic mass is 9.86. The number of hydrogen-bond donors (Lipinski definition) is 1. The minimum atomic E-state index is -0.651. The van der Waals surface area contributed by atoms with Gasteiger partial charge in [-0.1, -0.05) is 19.9 Å². The molecular weight excluding hydrogens is 606 g/mol. The third-order valence-corrected chi connectivity index (χ3v) is 8.68. The van der Waals surface area contributed by atoms with Gasteiger partial charge in [-0.05, 0) is 107 Å². The summed E-state index contributed by atoms with van der Waals surface area (Å²) in [5.74, 6) is 1.43. The number of fused-ring (bicyclic) bond motifs is 1. The van der Waals surface area contributed by atoms with E-state index >= 15 is 0 Å². The first kappa shape index (κ1) is 35.5. The number of carbonyl (C=O) groups is 1. The summed E-state index contributed by atoms with van der Waals surface area (Å²) in [7, 11) is 3.29. The SMILES string of the molecule is COC(OC)[C@@H](Nc1ccc2c([C@H]3Cc4ccnc5cccc(c45)O3)c([C@@H](COC(=O)C(C)(C)C)OC(C)(C)C)c(C)cc2n1)C(C)C. The van der Waals surface area contributed by atoms with Crippen molar-refractivity contribution in [3.8, 4) is 5.75 Å². The number of anilines is 1. The summed E-state index contributed by atoms with van der Waals surface area (Å²) in [4.78, 5) is 22.7. The van der Waals surface area contributed by atoms with Gasteiger partial charge >= 0.3 is 5.97 Å². The maximum absolute atomic E-state index is 13.0. The van der Waals surface area contributed by atoms with Crippen LogP contribution in [0.25, 0.3) is 21.8 Å². The minimum Gasteiger partial charge on any atom is -0.485 e. The Morgan fingerprint density at radius 1 is 1.02 bits per heavy atom. The Hall–Kier alpha value is -3.79. The molecule has 0 unspecified atom stereocenters. The summed E-state index contributed by atoms with van der Waals surface area (Å²) in [6.45, 7) is 18.0. The average Bonchev–Trinajstić information content (AvgIpc) is 3.01. The molecule has 0 radical (unpaired) electrons. The van der Waals surface area contributed by atoms with Gasteiger partial charge in [0, 0.05) is 43.2 Å². The van der Waals surface area contributed by atoms with Crippen LogP contribution in [0.3, 0.4) is 0 Å². The number of aromatic nitrogens is 2. The molecule has 2 aromatic heterocycles. The van der Waals surface area contributed by atoms with Crippen LogP contribution >= 0.6 is 0 Å². The van der Waals surface area contributed by atoms with Gasteiger partial charge in [-0.15, -0.1) is 0 Å². The standard InChI is InChI=1S/C39H51N3O6/c1-22(2)35(36(44-10)45-11)42-31-16-15-25-27(41-31)19-23(3)32(30(48-39(7,8)9)21-46-37(43)38(4,5)6)34(25)29-20-24-17-18-40-26-13-12-14-28(47-29)33(24)26/h12-19,22,29-30,35-36H,20-21H2,1-11H3,(H,41,42)/t29-,30-,35+/m1/s1. The van der Waals surface area contributed by atoms with Gasteiger partial charge in [-0.3, -0.25) is 9.78 Å². The average molecular weight is 658 g/mol. The zero-order valence-electron chi connectivity index (χ0n) is 30.3. The Kier molecular flexibility index (Phi) is 10.3. The first-order valence-corrected chi connectivity index (χ1v) is 16.8. The molecular formula is C39H51N3O6. The van der Waals surface area contributed by atoms with E-state index in [2.05, 4.69) is 49.3 Å². The highest BCUT2D eigenvalue weighted by atomic mass is 16.7. The lowest BCUT2D eigenvalue weighted by molar-refractivity contribution is -0.162. The largest absolute Gasteiger partial charge is 0.485 e. The topological polar surface area (TPSA) is 101 Å². The van der Waals surface area contributed by atoms with Crippen LogP contribution in [-0.4, -0.2) is 54.7 Å². The summed E-state index contributed by atoms with van der Waals surface area (Å²) < 4.78 is 30.8. The predicted molar refractivity (Wildman–Crippen MR) is 189 cm³/mol. The van der Waals surface area contributed by atoms with E-state index in [1.54, 1.807) is 14.2 Å². The number of methoxy groups -OCH3 is 2. The number of carbonyl (C=O) groups excluding carboxylic acids is 1. The van der Waals surface area contributed by atoms with Crippen molar-refractivity contribution in [1.29, 1.82) is 0 Å². The van der Waals surface area contributed by atoms with Gasteiger partial charge < -0.3 is 29.0 Å². The molecule has 0 spiro atoms. The molecule has 9 nitrogen and oxygen atoms in total. The smallest absolute Gasteiger partial charge is 0.311 e. The van der Waals surface area contributed by atoms with Gasteiger partial charge in [0.15, 0.2) is 6.29 Å². The second-order valence-corrected chi connectivity index (χ2v) is 15.0. The lowest BCUT2D eigenvalue weighted by Gasteiger charge is -2.34. The molecule has 1 aliphatic heterocycles. The third kappa shape index (κ3) is 7.59. The van der Waals surface area contributed by atoms with Crippen LogP contribution in [0.4, 0.5) is 5.82 Å². The number of aryl methyl sites for hydroxylation is 1. The summed E-state index contributed by atoms with van der Waals surface area (Å²) in [6, 6.07) is 14.1. The molecule has 0 fully saturated rings. The first-order valence-electron chi connectivity index (χ1n) is 16.8. The number of rotatable bonds is 11. The number of nitrogens with zero attached hydrogens (tertiary/aromatic N) is 2. The van der Waals surface area contributed by atoms with Gasteiger partial charge in [0.05, 0.1) is 28.1 Å². The number of ether oxygens (including phenoxy) is 5. The van der Waals surface area contributed by atoms with Gasteiger partial charge in [0.1, 0.15) is 30.4 Å². The van der Waals surface area contributed by atoms with Crippen LogP contribution in [0.15, 0.2) is 48.7 Å². The quantitative estimate of drug-likeness (QED) is 0.126. The molecule has 0 saturated carbocycles. The van der Waals surface area contributed by atoms with E-state index in [9.17, 15) is 4.79 Å². The minimum absolute atomic E-state index is 0.0636. The van der Waals surface area contributed by atoms with Gasteiger partial charge in [-0.25, -0.2) is 4.98 Å². The Balaban J connectivity index is 1.68. The predicted octanol–water partition coefficient (Wildman–Crippen LogP) is 8.27. The molecule has 0 amide bonds. The number of esters is 1. The van der Waals surface area contributed by atoms with Crippen molar-refractivity contribution in [2.75, 3.05) is 26.1 Å². The second kappa shape index (κ2) is 14.0. The maximum Gasteiger partial charge on any atom is 0.311 e. The van der Waals surface area contributed by atoms with Crippen LogP contribution in [0, 0.1) is 18.3 Å². The van der Waals surface area contributed by atoms with Crippen LogP contribution in [0.5, 0.6) is 5.75 Å². The fraction of sp³-hybridized carbons (Fsp3) is 0.513. The number of pyridine rings is 2. The monoisotopic (exact) mass is 657 g/mol. The molecule has 5 rings (SSSR count). The molecule has 1 N–H and O–H groups in total. The summed E-state index contributed by atoms with van der Waals surface area (Å²) >= 11 is 0. The zero-order chi connectivity index (χ0) is 35.0. The molecule has 9 heteroatoms. The van der Waals surface area contributed by atoms with Crippen molar-refractivity contribution in [2.45, 2.75) is 98.9 Å². The Morgan fingerprint density at radius 2 is 1.75 bits per heavy atom.